The average Bonchev–Trinajstić information content (AvgIpc) is 3.76. The molecular weight excluding hydrogens is 596 g/mol. The molecule has 2 heterocycles. The fourth-order valence-electron chi connectivity index (χ4n) is 5.47. The highest BCUT2D eigenvalue weighted by Gasteiger charge is 2.34. The molecule has 6 amide bonds. The lowest BCUT2D eigenvalue weighted by Gasteiger charge is -2.21. The highest BCUT2D eigenvalue weighted by atomic mass is 16.5. The number of ether oxygens (including phenoxy) is 2. The first kappa shape index (κ1) is 33.7. The van der Waals surface area contributed by atoms with Gasteiger partial charge in [-0.3, -0.25) is 19.2 Å². The number of methoxy groups -OCH3 is 2. The minimum Gasteiger partial charge on any atom is -0.453 e. The van der Waals surface area contributed by atoms with Gasteiger partial charge in [-0.15, -0.1) is 0 Å². The quantitative estimate of drug-likeness (QED) is 0.325. The van der Waals surface area contributed by atoms with E-state index in [1.807, 2.05) is 24.3 Å². The zero-order valence-electron chi connectivity index (χ0n) is 26.3. The van der Waals surface area contributed by atoms with Crippen LogP contribution in [0.4, 0.5) is 21.0 Å². The lowest BCUT2D eigenvalue weighted by atomic mass is 10.0. The van der Waals surface area contributed by atoms with Crippen molar-refractivity contribution >= 4 is 47.2 Å². The predicted molar refractivity (Wildman–Crippen MR) is 169 cm³/mol. The monoisotopic (exact) mass is 636 g/mol. The third-order valence-corrected chi connectivity index (χ3v) is 8.16. The number of rotatable bonds is 9. The molecule has 14 nitrogen and oxygen atoms in total. The fraction of sp³-hybridized carbons (Fsp3) is 0.438. The van der Waals surface area contributed by atoms with Gasteiger partial charge in [-0.25, -0.2) is 9.59 Å². The Hall–Kier alpha value is -5.14. The molecule has 0 aromatic heterocycles. The summed E-state index contributed by atoms with van der Waals surface area (Å²) in [4.78, 5) is 76.9. The molecule has 14 heteroatoms. The Morgan fingerprint density at radius 1 is 0.630 bits per heavy atom. The standard InChI is InChI=1S/C32H40N6O8/c1-19(33-31(43)45-3)29(41)37-15-13-23(17-37)27(39)35-25-9-5-21(6-10-25)22-7-11-26(12-8-22)36-28(40)24-14-16-38(18-24)30(42)20(2)34-32(44)46-4/h5-12,19-20,23-24H,13-18H2,1-4H3,(H,33,43)(H,34,44)(H,35,39)(H,36,40)/t19-,20+,23-,24+. The zero-order chi connectivity index (χ0) is 33.4. The molecule has 2 aromatic carbocycles. The first-order chi connectivity index (χ1) is 22.0. The van der Waals surface area contributed by atoms with Crippen molar-refractivity contribution in [1.82, 2.24) is 20.4 Å². The van der Waals surface area contributed by atoms with Crippen molar-refractivity contribution in [2.24, 2.45) is 11.8 Å². The summed E-state index contributed by atoms with van der Waals surface area (Å²) >= 11 is 0. The molecule has 0 bridgehead atoms. The second-order valence-electron chi connectivity index (χ2n) is 11.4. The molecular formula is C32H40N6O8. The summed E-state index contributed by atoms with van der Waals surface area (Å²) in [6.07, 6.45) is -0.333. The number of benzene rings is 2. The van der Waals surface area contributed by atoms with Gasteiger partial charge in [-0.2, -0.15) is 0 Å². The summed E-state index contributed by atoms with van der Waals surface area (Å²) in [5.74, 6) is -1.63. The smallest absolute Gasteiger partial charge is 0.407 e. The van der Waals surface area contributed by atoms with E-state index in [0.717, 1.165) is 11.1 Å². The van der Waals surface area contributed by atoms with Crippen LogP contribution in [0, 0.1) is 11.8 Å². The lowest BCUT2D eigenvalue weighted by molar-refractivity contribution is -0.133. The van der Waals surface area contributed by atoms with Crippen LogP contribution in [-0.4, -0.2) is 98.1 Å². The van der Waals surface area contributed by atoms with E-state index in [1.54, 1.807) is 47.9 Å². The Balaban J connectivity index is 1.24. The van der Waals surface area contributed by atoms with Crippen LogP contribution in [0.2, 0.25) is 0 Å². The highest BCUT2D eigenvalue weighted by Crippen LogP contribution is 2.26. The van der Waals surface area contributed by atoms with Gasteiger partial charge in [0.1, 0.15) is 12.1 Å². The van der Waals surface area contributed by atoms with Gasteiger partial charge < -0.3 is 40.5 Å². The third kappa shape index (κ3) is 8.52. The van der Waals surface area contributed by atoms with Crippen LogP contribution in [-0.2, 0) is 28.7 Å². The molecule has 2 saturated heterocycles. The normalized spacial score (nSPS) is 18.6. The van der Waals surface area contributed by atoms with Gasteiger partial charge in [0.05, 0.1) is 26.1 Å². The van der Waals surface area contributed by atoms with E-state index < -0.39 is 24.3 Å². The van der Waals surface area contributed by atoms with Crippen LogP contribution in [0.15, 0.2) is 48.5 Å². The molecule has 0 aliphatic carbocycles. The molecule has 46 heavy (non-hydrogen) atoms. The largest absolute Gasteiger partial charge is 0.453 e. The van der Waals surface area contributed by atoms with Crippen LogP contribution in [0.25, 0.3) is 11.1 Å². The molecule has 246 valence electrons. The van der Waals surface area contributed by atoms with Crippen molar-refractivity contribution in [3.8, 4) is 11.1 Å². The van der Waals surface area contributed by atoms with E-state index in [9.17, 15) is 28.8 Å². The first-order valence-corrected chi connectivity index (χ1v) is 15.1. The number of hydrogen-bond acceptors (Lipinski definition) is 8. The number of carbonyl (C=O) groups excluding carboxylic acids is 6. The molecule has 0 radical (unpaired) electrons. The molecule has 0 saturated carbocycles. The Morgan fingerprint density at radius 2 is 0.978 bits per heavy atom. The van der Waals surface area contributed by atoms with Gasteiger partial charge in [0.2, 0.25) is 23.6 Å². The molecule has 2 aromatic rings. The fourth-order valence-corrected chi connectivity index (χ4v) is 5.47. The number of nitrogens with one attached hydrogen (secondary N) is 4. The maximum atomic E-state index is 12.9. The van der Waals surface area contributed by atoms with Crippen LogP contribution in [0.1, 0.15) is 26.7 Å². The summed E-state index contributed by atoms with van der Waals surface area (Å²) < 4.78 is 9.07. The first-order valence-electron chi connectivity index (χ1n) is 15.1. The zero-order valence-corrected chi connectivity index (χ0v) is 26.3. The topological polar surface area (TPSA) is 175 Å². The summed E-state index contributed by atoms with van der Waals surface area (Å²) in [5.41, 5.74) is 3.09. The maximum absolute atomic E-state index is 12.9. The number of carbonyl (C=O) groups is 6. The molecule has 2 fully saturated rings. The van der Waals surface area contributed by atoms with Gasteiger partial charge in [0.15, 0.2) is 0 Å². The number of amides is 6. The molecule has 2 aliphatic heterocycles. The minimum atomic E-state index is -0.754. The predicted octanol–water partition coefficient (Wildman–Crippen LogP) is 2.42. The number of alkyl carbamates (subject to hydrolysis) is 2. The van der Waals surface area contributed by atoms with Crippen LogP contribution in [0.5, 0.6) is 0 Å². The minimum absolute atomic E-state index is 0.182. The van der Waals surface area contributed by atoms with Crippen molar-refractivity contribution in [2.45, 2.75) is 38.8 Å². The Kier molecular flexibility index (Phi) is 11.2. The highest BCUT2D eigenvalue weighted by molar-refractivity contribution is 5.95. The maximum Gasteiger partial charge on any atom is 0.407 e. The van der Waals surface area contributed by atoms with Crippen LogP contribution >= 0.6 is 0 Å². The van der Waals surface area contributed by atoms with Gasteiger partial charge in [0, 0.05) is 37.6 Å². The Morgan fingerprint density at radius 3 is 1.30 bits per heavy atom. The van der Waals surface area contributed by atoms with E-state index >= 15 is 0 Å². The van der Waals surface area contributed by atoms with Crippen molar-refractivity contribution < 1.29 is 38.2 Å². The van der Waals surface area contributed by atoms with Crippen molar-refractivity contribution in [3.05, 3.63) is 48.5 Å². The number of hydrogen-bond donors (Lipinski definition) is 4. The molecule has 0 unspecified atom stereocenters. The number of anilines is 2. The molecule has 4 atom stereocenters. The average molecular weight is 637 g/mol. The van der Waals surface area contributed by atoms with Crippen molar-refractivity contribution in [2.75, 3.05) is 51.0 Å². The summed E-state index contributed by atoms with van der Waals surface area (Å²) in [6.45, 7) is 4.53. The molecule has 4 rings (SSSR count). The van der Waals surface area contributed by atoms with Gasteiger partial charge in [0.25, 0.3) is 0 Å². The SMILES string of the molecule is COC(=O)N[C@@H](C)C(=O)N1CC[C@H](C(=O)Nc2ccc(-c3ccc(NC(=O)[C@@H]4CCN(C(=O)[C@@H](C)NC(=O)OC)C4)cc3)cc2)C1. The van der Waals surface area contributed by atoms with E-state index in [0.29, 0.717) is 37.3 Å². The van der Waals surface area contributed by atoms with Crippen LogP contribution in [0.3, 0.4) is 0 Å². The van der Waals surface area contributed by atoms with Gasteiger partial charge >= 0.3 is 12.2 Å². The molecule has 0 spiro atoms. The summed E-state index contributed by atoms with van der Waals surface area (Å²) in [7, 11) is 2.45. The van der Waals surface area contributed by atoms with Crippen molar-refractivity contribution in [1.29, 1.82) is 0 Å². The van der Waals surface area contributed by atoms with Gasteiger partial charge in [-0.05, 0) is 62.1 Å². The van der Waals surface area contributed by atoms with Crippen LogP contribution < -0.4 is 21.3 Å². The summed E-state index contributed by atoms with van der Waals surface area (Å²) in [5, 5.41) is 10.7. The molecule has 4 N–H and O–H groups in total. The van der Waals surface area contributed by atoms with E-state index in [-0.39, 0.29) is 48.6 Å². The third-order valence-electron chi connectivity index (χ3n) is 8.16. The lowest BCUT2D eigenvalue weighted by Crippen LogP contribution is -2.46. The van der Waals surface area contributed by atoms with Crippen molar-refractivity contribution in [3.63, 3.8) is 0 Å². The van der Waals surface area contributed by atoms with E-state index in [4.69, 9.17) is 0 Å². The van der Waals surface area contributed by atoms with E-state index in [2.05, 4.69) is 30.7 Å². The van der Waals surface area contributed by atoms with Gasteiger partial charge in [-0.1, -0.05) is 24.3 Å². The Labute approximate surface area is 267 Å². The second kappa shape index (κ2) is 15.2. The number of nitrogens with zero attached hydrogens (tertiary/aromatic N) is 2. The number of likely N-dealkylation sites (tertiary alicyclic amines) is 2. The summed E-state index contributed by atoms with van der Waals surface area (Å²) in [6, 6.07) is 13.2. The van der Waals surface area contributed by atoms with E-state index in [1.165, 1.54) is 14.2 Å². The second-order valence-corrected chi connectivity index (χ2v) is 11.4. The molecule has 2 aliphatic rings. The Bertz CT molecular complexity index is 1340.